The standard InChI is InChI=1S/C24H34N2O4S/c1-6-30-23-15-13-22(14-16-23)26(31(5,28)29)19(4)24(27)25-17-7-8-20-9-11-21(12-10-20)18(2)3/h9-16,18-19H,6-8,17H2,1-5H3,(H,25,27)/t19-/m0/s1. The zero-order chi connectivity index (χ0) is 23.0. The van der Waals surface area contributed by atoms with Gasteiger partial charge in [0.05, 0.1) is 18.6 Å². The van der Waals surface area contributed by atoms with Crippen LogP contribution in [0.2, 0.25) is 0 Å². The molecule has 0 aliphatic heterocycles. The minimum atomic E-state index is -3.64. The van der Waals surface area contributed by atoms with Crippen molar-refractivity contribution in [3.63, 3.8) is 0 Å². The van der Waals surface area contributed by atoms with Gasteiger partial charge in [-0.25, -0.2) is 8.42 Å². The number of amides is 1. The van der Waals surface area contributed by atoms with Crippen LogP contribution < -0.4 is 14.4 Å². The van der Waals surface area contributed by atoms with Crippen molar-refractivity contribution in [2.45, 2.75) is 52.5 Å². The number of sulfonamides is 1. The van der Waals surface area contributed by atoms with Gasteiger partial charge in [-0.15, -0.1) is 0 Å². The van der Waals surface area contributed by atoms with E-state index in [0.717, 1.165) is 23.4 Å². The zero-order valence-electron chi connectivity index (χ0n) is 19.1. The monoisotopic (exact) mass is 446 g/mol. The molecule has 0 aliphatic rings. The fraction of sp³-hybridized carbons (Fsp3) is 0.458. The second-order valence-electron chi connectivity index (χ2n) is 7.95. The maximum absolute atomic E-state index is 12.7. The van der Waals surface area contributed by atoms with Crippen molar-refractivity contribution in [3.8, 4) is 5.75 Å². The summed E-state index contributed by atoms with van der Waals surface area (Å²) in [5.41, 5.74) is 2.96. The van der Waals surface area contributed by atoms with E-state index in [1.54, 1.807) is 31.2 Å². The molecule has 1 N–H and O–H groups in total. The van der Waals surface area contributed by atoms with Gasteiger partial charge in [0.1, 0.15) is 11.8 Å². The van der Waals surface area contributed by atoms with Crippen LogP contribution in [-0.4, -0.2) is 39.8 Å². The van der Waals surface area contributed by atoms with Crippen LogP contribution in [0.5, 0.6) is 5.75 Å². The quantitative estimate of drug-likeness (QED) is 0.527. The first kappa shape index (κ1) is 24.7. The van der Waals surface area contributed by atoms with Crippen molar-refractivity contribution in [2.75, 3.05) is 23.7 Å². The third kappa shape index (κ3) is 7.28. The number of hydrogen-bond donors (Lipinski definition) is 1. The summed E-state index contributed by atoms with van der Waals surface area (Å²) in [4.78, 5) is 12.7. The average molecular weight is 447 g/mol. The smallest absolute Gasteiger partial charge is 0.243 e. The largest absolute Gasteiger partial charge is 0.494 e. The van der Waals surface area contributed by atoms with Crippen LogP contribution in [0.1, 0.15) is 51.2 Å². The molecular formula is C24H34N2O4S. The number of hydrogen-bond acceptors (Lipinski definition) is 4. The van der Waals surface area contributed by atoms with E-state index in [-0.39, 0.29) is 5.91 Å². The van der Waals surface area contributed by atoms with E-state index in [0.29, 0.717) is 30.5 Å². The van der Waals surface area contributed by atoms with Crippen molar-refractivity contribution in [1.82, 2.24) is 5.32 Å². The molecule has 0 heterocycles. The molecule has 0 fully saturated rings. The Hall–Kier alpha value is -2.54. The van der Waals surface area contributed by atoms with Crippen LogP contribution in [-0.2, 0) is 21.2 Å². The summed E-state index contributed by atoms with van der Waals surface area (Å²) in [6, 6.07) is 14.4. The molecule has 0 aliphatic carbocycles. The predicted octanol–water partition coefficient (Wildman–Crippen LogP) is 4.11. The minimum Gasteiger partial charge on any atom is -0.494 e. The summed E-state index contributed by atoms with van der Waals surface area (Å²) in [7, 11) is -3.64. The summed E-state index contributed by atoms with van der Waals surface area (Å²) in [5.74, 6) is 0.829. The second-order valence-corrected chi connectivity index (χ2v) is 9.81. The molecule has 2 rings (SSSR count). The number of carbonyl (C=O) groups is 1. The third-order valence-electron chi connectivity index (χ3n) is 5.08. The molecule has 170 valence electrons. The number of aryl methyl sites for hydroxylation is 1. The molecule has 7 heteroatoms. The van der Waals surface area contributed by atoms with Gasteiger partial charge < -0.3 is 10.1 Å². The lowest BCUT2D eigenvalue weighted by Crippen LogP contribution is -2.48. The fourth-order valence-corrected chi connectivity index (χ4v) is 4.56. The Bertz CT molecular complexity index is 939. The summed E-state index contributed by atoms with van der Waals surface area (Å²) < 4.78 is 31.3. The van der Waals surface area contributed by atoms with Crippen molar-refractivity contribution in [1.29, 1.82) is 0 Å². The summed E-state index contributed by atoms with van der Waals surface area (Å²) >= 11 is 0. The summed E-state index contributed by atoms with van der Waals surface area (Å²) in [6.07, 6.45) is 2.73. The van der Waals surface area contributed by atoms with Gasteiger partial charge in [0.2, 0.25) is 15.9 Å². The lowest BCUT2D eigenvalue weighted by atomic mass is 10.0. The lowest BCUT2D eigenvalue weighted by Gasteiger charge is -2.28. The van der Waals surface area contributed by atoms with E-state index in [2.05, 4.69) is 43.4 Å². The van der Waals surface area contributed by atoms with Gasteiger partial charge in [-0.05, 0) is 68.0 Å². The average Bonchev–Trinajstić information content (AvgIpc) is 2.72. The Kier molecular flexibility index (Phi) is 8.92. The van der Waals surface area contributed by atoms with E-state index in [1.165, 1.54) is 11.1 Å². The second kappa shape index (κ2) is 11.2. The third-order valence-corrected chi connectivity index (χ3v) is 6.32. The highest BCUT2D eigenvalue weighted by Crippen LogP contribution is 2.24. The number of ether oxygens (including phenoxy) is 1. The minimum absolute atomic E-state index is 0.325. The molecule has 0 unspecified atom stereocenters. The molecule has 6 nitrogen and oxygen atoms in total. The van der Waals surface area contributed by atoms with Crippen LogP contribution in [0.25, 0.3) is 0 Å². The molecule has 0 radical (unpaired) electrons. The van der Waals surface area contributed by atoms with Gasteiger partial charge in [0, 0.05) is 6.54 Å². The maximum atomic E-state index is 12.7. The number of anilines is 1. The van der Waals surface area contributed by atoms with Crippen molar-refractivity contribution in [2.24, 2.45) is 0 Å². The first-order chi connectivity index (χ1) is 14.6. The Balaban J connectivity index is 1.95. The highest BCUT2D eigenvalue weighted by Gasteiger charge is 2.28. The molecular weight excluding hydrogens is 412 g/mol. The molecule has 31 heavy (non-hydrogen) atoms. The number of nitrogens with one attached hydrogen (secondary N) is 1. The molecule has 1 atom stereocenters. The summed E-state index contributed by atoms with van der Waals surface area (Å²) in [6.45, 7) is 8.81. The highest BCUT2D eigenvalue weighted by atomic mass is 32.2. The van der Waals surface area contributed by atoms with Gasteiger partial charge in [0.15, 0.2) is 0 Å². The topological polar surface area (TPSA) is 75.7 Å². The van der Waals surface area contributed by atoms with Gasteiger partial charge in [0.25, 0.3) is 0 Å². The van der Waals surface area contributed by atoms with Gasteiger partial charge >= 0.3 is 0 Å². The van der Waals surface area contributed by atoms with Crippen molar-refractivity contribution >= 4 is 21.6 Å². The van der Waals surface area contributed by atoms with Crippen LogP contribution in [0.4, 0.5) is 5.69 Å². The van der Waals surface area contributed by atoms with Crippen LogP contribution >= 0.6 is 0 Å². The number of benzene rings is 2. The van der Waals surface area contributed by atoms with Gasteiger partial charge in [-0.3, -0.25) is 9.10 Å². The molecule has 0 saturated carbocycles. The van der Waals surface area contributed by atoms with E-state index < -0.39 is 16.1 Å². The Morgan fingerprint density at radius 1 is 1.03 bits per heavy atom. The van der Waals surface area contributed by atoms with Crippen molar-refractivity contribution in [3.05, 3.63) is 59.7 Å². The molecule has 0 saturated heterocycles. The predicted molar refractivity (Wildman–Crippen MR) is 126 cm³/mol. The molecule has 0 spiro atoms. The van der Waals surface area contributed by atoms with Crippen LogP contribution in [0, 0.1) is 0 Å². The molecule has 1 amide bonds. The maximum Gasteiger partial charge on any atom is 0.243 e. The molecule has 0 bridgehead atoms. The Labute approximate surface area is 186 Å². The molecule has 0 aromatic heterocycles. The van der Waals surface area contributed by atoms with E-state index in [4.69, 9.17) is 4.74 Å². The Morgan fingerprint density at radius 2 is 1.65 bits per heavy atom. The number of nitrogens with zero attached hydrogens (tertiary/aromatic N) is 1. The van der Waals surface area contributed by atoms with Gasteiger partial charge in [-0.1, -0.05) is 38.1 Å². The number of carbonyl (C=O) groups excluding carboxylic acids is 1. The van der Waals surface area contributed by atoms with Crippen LogP contribution in [0.15, 0.2) is 48.5 Å². The molecule has 2 aromatic rings. The zero-order valence-corrected chi connectivity index (χ0v) is 19.9. The van der Waals surface area contributed by atoms with Crippen molar-refractivity contribution < 1.29 is 17.9 Å². The molecule has 2 aromatic carbocycles. The van der Waals surface area contributed by atoms with E-state index in [1.807, 2.05) is 6.92 Å². The SMILES string of the molecule is CCOc1ccc(N([C@@H](C)C(=O)NCCCc2ccc(C(C)C)cc2)S(C)(=O)=O)cc1. The lowest BCUT2D eigenvalue weighted by molar-refractivity contribution is -0.121. The van der Waals surface area contributed by atoms with Crippen LogP contribution in [0.3, 0.4) is 0 Å². The Morgan fingerprint density at radius 3 is 2.16 bits per heavy atom. The van der Waals surface area contributed by atoms with Gasteiger partial charge in [-0.2, -0.15) is 0 Å². The first-order valence-corrected chi connectivity index (χ1v) is 12.6. The number of rotatable bonds is 11. The normalized spacial score (nSPS) is 12.5. The first-order valence-electron chi connectivity index (χ1n) is 10.7. The highest BCUT2D eigenvalue weighted by molar-refractivity contribution is 7.92. The van der Waals surface area contributed by atoms with E-state index >= 15 is 0 Å². The summed E-state index contributed by atoms with van der Waals surface area (Å²) in [5, 5.41) is 2.87. The fourth-order valence-electron chi connectivity index (χ4n) is 3.39. The van der Waals surface area contributed by atoms with E-state index in [9.17, 15) is 13.2 Å².